The summed E-state index contributed by atoms with van der Waals surface area (Å²) in [5, 5.41) is 11.7. The molecule has 1 aliphatic rings. The zero-order chi connectivity index (χ0) is 17.2. The number of nitrogens with zero attached hydrogens (tertiary/aromatic N) is 2. The van der Waals surface area contributed by atoms with E-state index in [-0.39, 0.29) is 5.91 Å². The van der Waals surface area contributed by atoms with Crippen molar-refractivity contribution in [1.82, 2.24) is 10.3 Å². The summed E-state index contributed by atoms with van der Waals surface area (Å²) in [7, 11) is 0. The normalized spacial score (nSPS) is 14.8. The maximum Gasteiger partial charge on any atom is 0.256 e. The van der Waals surface area contributed by atoms with Crippen LogP contribution in [0.1, 0.15) is 40.9 Å². The van der Waals surface area contributed by atoms with Gasteiger partial charge in [-0.15, -0.1) is 0 Å². The van der Waals surface area contributed by atoms with Crippen LogP contribution in [-0.2, 0) is 0 Å². The van der Waals surface area contributed by atoms with Gasteiger partial charge in [0.05, 0.1) is 18.2 Å². The summed E-state index contributed by atoms with van der Waals surface area (Å²) in [6.45, 7) is 4.18. The summed E-state index contributed by atoms with van der Waals surface area (Å²) in [4.78, 5) is 16.4. The predicted molar refractivity (Wildman–Crippen MR) is 88.4 cm³/mol. The van der Waals surface area contributed by atoms with Crippen molar-refractivity contribution < 1.29 is 9.53 Å². The van der Waals surface area contributed by atoms with Gasteiger partial charge in [0.15, 0.2) is 0 Å². The van der Waals surface area contributed by atoms with Crippen molar-refractivity contribution >= 4 is 5.91 Å². The molecule has 3 rings (SSSR count). The lowest BCUT2D eigenvalue weighted by atomic mass is 10.1. The van der Waals surface area contributed by atoms with Crippen LogP contribution in [0.25, 0.3) is 0 Å². The molecule has 0 fully saturated rings. The minimum absolute atomic E-state index is 0.224. The Kier molecular flexibility index (Phi) is 3.93. The van der Waals surface area contributed by atoms with Crippen LogP contribution in [0.4, 0.5) is 0 Å². The highest BCUT2D eigenvalue weighted by molar-refractivity contribution is 5.97. The minimum Gasteiger partial charge on any atom is -0.469 e. The number of hydrogen-bond donors (Lipinski definition) is 1. The van der Waals surface area contributed by atoms with Crippen molar-refractivity contribution in [2.45, 2.75) is 19.4 Å². The molecule has 0 saturated heterocycles. The number of ether oxygens (including phenoxy) is 1. The molecular formula is C19H15N3O2. The van der Waals surface area contributed by atoms with Gasteiger partial charge < -0.3 is 10.1 Å². The van der Waals surface area contributed by atoms with Crippen molar-refractivity contribution in [3.05, 3.63) is 58.8 Å². The summed E-state index contributed by atoms with van der Waals surface area (Å²) in [5.41, 5.74) is 1.74. The minimum atomic E-state index is -0.515. The van der Waals surface area contributed by atoms with Gasteiger partial charge >= 0.3 is 0 Å². The number of hydrogen-bond acceptors (Lipinski definition) is 4. The molecule has 1 aromatic heterocycles. The van der Waals surface area contributed by atoms with Crippen LogP contribution < -0.4 is 10.1 Å². The van der Waals surface area contributed by atoms with Crippen LogP contribution in [-0.4, -0.2) is 23.0 Å². The van der Waals surface area contributed by atoms with Crippen LogP contribution in [0.3, 0.4) is 0 Å². The van der Waals surface area contributed by atoms with Gasteiger partial charge in [0.1, 0.15) is 11.2 Å². The van der Waals surface area contributed by atoms with Gasteiger partial charge in [-0.25, -0.2) is 4.98 Å². The fourth-order valence-electron chi connectivity index (χ4n) is 2.26. The first-order chi connectivity index (χ1) is 11.5. The number of carbonyl (C=O) groups is 1. The molecule has 5 heteroatoms. The number of fused-ring (bicyclic) bond motifs is 1. The molecule has 118 valence electrons. The Morgan fingerprint density at radius 1 is 1.21 bits per heavy atom. The standard InChI is InChI=1S/C19H15N3O2/c1-19(2)12-22-17(23)16-9-15(11-21-18(16)24-19)7-6-13-4-3-5-14(8-13)10-20/h3-5,8-9,11H,12H2,1-2H3,(H,22,23). The van der Waals surface area contributed by atoms with Crippen molar-refractivity contribution in [2.75, 3.05) is 6.54 Å². The number of amides is 1. The van der Waals surface area contributed by atoms with E-state index >= 15 is 0 Å². The molecule has 1 amide bonds. The van der Waals surface area contributed by atoms with Crippen LogP contribution in [0.15, 0.2) is 36.5 Å². The molecule has 0 saturated carbocycles. The summed E-state index contributed by atoms with van der Waals surface area (Å²) in [5.74, 6) is 6.03. The lowest BCUT2D eigenvalue weighted by Gasteiger charge is -2.23. The van der Waals surface area contributed by atoms with Crippen LogP contribution in [0, 0.1) is 23.2 Å². The van der Waals surface area contributed by atoms with Gasteiger partial charge in [0.25, 0.3) is 5.91 Å². The highest BCUT2D eigenvalue weighted by Crippen LogP contribution is 2.24. The predicted octanol–water partition coefficient (Wildman–Crippen LogP) is 2.25. The second-order valence-electron chi connectivity index (χ2n) is 6.06. The lowest BCUT2D eigenvalue weighted by molar-refractivity contribution is 0.0899. The number of benzene rings is 1. The molecule has 24 heavy (non-hydrogen) atoms. The van der Waals surface area contributed by atoms with Gasteiger partial charge in [-0.3, -0.25) is 4.79 Å². The van der Waals surface area contributed by atoms with Gasteiger partial charge in [0, 0.05) is 17.3 Å². The largest absolute Gasteiger partial charge is 0.469 e. The number of pyridine rings is 1. The van der Waals surface area contributed by atoms with Crippen LogP contribution in [0.2, 0.25) is 0 Å². The molecule has 0 bridgehead atoms. The molecule has 0 atom stereocenters. The number of carbonyl (C=O) groups excluding carboxylic acids is 1. The Morgan fingerprint density at radius 2 is 1.96 bits per heavy atom. The molecule has 2 aromatic rings. The van der Waals surface area contributed by atoms with Crippen LogP contribution in [0.5, 0.6) is 5.88 Å². The Bertz CT molecular complexity index is 914. The fraction of sp³-hybridized carbons (Fsp3) is 0.211. The first-order valence-electron chi connectivity index (χ1n) is 7.46. The van der Waals surface area contributed by atoms with E-state index in [1.54, 1.807) is 30.5 Å². The maximum absolute atomic E-state index is 12.2. The topological polar surface area (TPSA) is 75.0 Å². The second kappa shape index (κ2) is 6.06. The van der Waals surface area contributed by atoms with E-state index in [9.17, 15) is 4.79 Å². The van der Waals surface area contributed by atoms with E-state index in [0.717, 1.165) is 5.56 Å². The lowest BCUT2D eigenvalue weighted by Crippen LogP contribution is -2.39. The van der Waals surface area contributed by atoms with Crippen molar-refractivity contribution in [3.8, 4) is 23.8 Å². The summed E-state index contributed by atoms with van der Waals surface area (Å²) < 4.78 is 5.78. The molecule has 5 nitrogen and oxygen atoms in total. The van der Waals surface area contributed by atoms with E-state index in [1.807, 2.05) is 19.9 Å². The maximum atomic E-state index is 12.2. The zero-order valence-electron chi connectivity index (χ0n) is 13.4. The number of nitrogens with one attached hydrogen (secondary N) is 1. The summed E-state index contributed by atoms with van der Waals surface area (Å²) in [6, 6.07) is 10.8. The van der Waals surface area contributed by atoms with Gasteiger partial charge in [-0.2, -0.15) is 5.26 Å². The quantitative estimate of drug-likeness (QED) is 0.756. The molecule has 0 spiro atoms. The monoisotopic (exact) mass is 317 g/mol. The van der Waals surface area contributed by atoms with Gasteiger partial charge in [-0.05, 0) is 38.1 Å². The van der Waals surface area contributed by atoms with Gasteiger partial charge in [-0.1, -0.05) is 17.9 Å². The number of rotatable bonds is 0. The summed E-state index contributed by atoms with van der Waals surface area (Å²) >= 11 is 0. The molecule has 1 N–H and O–H groups in total. The molecule has 0 aliphatic carbocycles. The smallest absolute Gasteiger partial charge is 0.256 e. The molecule has 1 aromatic carbocycles. The van der Waals surface area contributed by atoms with Gasteiger partial charge in [0.2, 0.25) is 5.88 Å². The molecule has 0 radical (unpaired) electrons. The third-order valence-corrected chi connectivity index (χ3v) is 3.49. The number of nitriles is 1. The molecule has 0 unspecified atom stereocenters. The Balaban J connectivity index is 1.94. The van der Waals surface area contributed by atoms with E-state index in [1.165, 1.54) is 0 Å². The fourth-order valence-corrected chi connectivity index (χ4v) is 2.26. The SMILES string of the molecule is CC1(C)CNC(=O)c2cc(C#Cc3cccc(C#N)c3)cnc2O1. The van der Waals surface area contributed by atoms with Crippen molar-refractivity contribution in [3.63, 3.8) is 0 Å². The third-order valence-electron chi connectivity index (χ3n) is 3.49. The number of aromatic nitrogens is 1. The zero-order valence-corrected chi connectivity index (χ0v) is 13.4. The van der Waals surface area contributed by atoms with E-state index in [0.29, 0.717) is 29.1 Å². The van der Waals surface area contributed by atoms with E-state index in [2.05, 4.69) is 28.2 Å². The highest BCUT2D eigenvalue weighted by Gasteiger charge is 2.29. The average Bonchev–Trinajstić information content (AvgIpc) is 2.69. The Labute approximate surface area is 140 Å². The first-order valence-corrected chi connectivity index (χ1v) is 7.46. The van der Waals surface area contributed by atoms with Crippen molar-refractivity contribution in [2.24, 2.45) is 0 Å². The third kappa shape index (κ3) is 3.37. The molecule has 2 heterocycles. The Morgan fingerprint density at radius 3 is 2.75 bits per heavy atom. The second-order valence-corrected chi connectivity index (χ2v) is 6.06. The highest BCUT2D eigenvalue weighted by atomic mass is 16.5. The first kappa shape index (κ1) is 15.6. The molecule has 1 aliphatic heterocycles. The van der Waals surface area contributed by atoms with Crippen molar-refractivity contribution in [1.29, 1.82) is 5.26 Å². The van der Waals surface area contributed by atoms with Crippen LogP contribution >= 0.6 is 0 Å². The molecular weight excluding hydrogens is 302 g/mol. The van der Waals surface area contributed by atoms with E-state index < -0.39 is 5.60 Å². The van der Waals surface area contributed by atoms with E-state index in [4.69, 9.17) is 10.00 Å². The average molecular weight is 317 g/mol. The Hall–Kier alpha value is -3.31. The summed E-state index contributed by atoms with van der Waals surface area (Å²) in [6.07, 6.45) is 1.58.